The van der Waals surface area contributed by atoms with Crippen molar-refractivity contribution in [1.82, 2.24) is 4.31 Å². The van der Waals surface area contributed by atoms with Gasteiger partial charge in [-0.1, -0.05) is 6.07 Å². The van der Waals surface area contributed by atoms with Gasteiger partial charge in [0.25, 0.3) is 5.91 Å². The second kappa shape index (κ2) is 11.0. The van der Waals surface area contributed by atoms with Gasteiger partial charge in [-0.3, -0.25) is 9.59 Å². The SMILES string of the molecule is Cc1ccc(S(=O)(=O)N2CC(O)C[C@H]2C(=O)OCC(=O)Nc2ccc(N3CCOCC3)cc2)cc1C. The van der Waals surface area contributed by atoms with Gasteiger partial charge in [-0.15, -0.1) is 0 Å². The Morgan fingerprint density at radius 1 is 1.08 bits per heavy atom. The van der Waals surface area contributed by atoms with Gasteiger partial charge in [0, 0.05) is 37.4 Å². The Hall–Kier alpha value is -2.99. The van der Waals surface area contributed by atoms with Gasteiger partial charge in [-0.05, 0) is 61.4 Å². The molecule has 2 aliphatic heterocycles. The van der Waals surface area contributed by atoms with E-state index in [1.165, 1.54) is 12.1 Å². The van der Waals surface area contributed by atoms with Crippen molar-refractivity contribution in [3.8, 4) is 0 Å². The number of hydrogen-bond donors (Lipinski definition) is 2. The number of carbonyl (C=O) groups excluding carboxylic acids is 2. The normalized spacial score (nSPS) is 20.8. The molecule has 1 unspecified atom stereocenters. The second-order valence-electron chi connectivity index (χ2n) is 9.03. The molecule has 10 nitrogen and oxygen atoms in total. The molecule has 2 atom stereocenters. The predicted octanol–water partition coefficient (Wildman–Crippen LogP) is 1.45. The standard InChI is InChI=1S/C25H31N3O7S/c1-17-3-8-22(13-18(17)2)36(32,33)28-15-21(29)14-23(28)25(31)35-16-24(30)26-19-4-6-20(7-5-19)27-9-11-34-12-10-27/h3-8,13,21,23,29H,9-12,14-16H2,1-2H3,(H,26,30)/t21?,23-/m0/s1. The van der Waals surface area contributed by atoms with Gasteiger partial charge in [-0.2, -0.15) is 4.31 Å². The molecule has 0 radical (unpaired) electrons. The highest BCUT2D eigenvalue weighted by atomic mass is 32.2. The van der Waals surface area contributed by atoms with E-state index in [1.54, 1.807) is 25.1 Å². The summed E-state index contributed by atoms with van der Waals surface area (Å²) >= 11 is 0. The van der Waals surface area contributed by atoms with E-state index < -0.39 is 40.7 Å². The van der Waals surface area contributed by atoms with E-state index in [-0.39, 0.29) is 17.9 Å². The Morgan fingerprint density at radius 3 is 2.44 bits per heavy atom. The maximum Gasteiger partial charge on any atom is 0.325 e. The third kappa shape index (κ3) is 5.86. The minimum atomic E-state index is -4.05. The number of nitrogens with zero attached hydrogens (tertiary/aromatic N) is 2. The van der Waals surface area contributed by atoms with Gasteiger partial charge < -0.3 is 24.8 Å². The van der Waals surface area contributed by atoms with E-state index in [1.807, 2.05) is 19.1 Å². The van der Waals surface area contributed by atoms with Crippen molar-refractivity contribution in [2.75, 3.05) is 49.7 Å². The lowest BCUT2D eigenvalue weighted by Gasteiger charge is -2.28. The molecular formula is C25H31N3O7S. The molecule has 194 valence electrons. The molecule has 1 amide bonds. The summed E-state index contributed by atoms with van der Waals surface area (Å²) in [6, 6.07) is 10.8. The molecular weight excluding hydrogens is 486 g/mol. The number of amides is 1. The molecule has 2 aliphatic rings. The monoisotopic (exact) mass is 517 g/mol. The Morgan fingerprint density at radius 2 is 1.78 bits per heavy atom. The average molecular weight is 518 g/mol. The second-order valence-corrected chi connectivity index (χ2v) is 10.9. The summed E-state index contributed by atoms with van der Waals surface area (Å²) in [4.78, 5) is 27.3. The smallest absolute Gasteiger partial charge is 0.325 e. The average Bonchev–Trinajstić information content (AvgIpc) is 3.28. The van der Waals surface area contributed by atoms with Gasteiger partial charge in [-0.25, -0.2) is 8.42 Å². The largest absolute Gasteiger partial charge is 0.454 e. The van der Waals surface area contributed by atoms with Crippen LogP contribution < -0.4 is 10.2 Å². The summed E-state index contributed by atoms with van der Waals surface area (Å²) in [5.41, 5.74) is 3.30. The van der Waals surface area contributed by atoms with Gasteiger partial charge in [0.15, 0.2) is 6.61 Å². The van der Waals surface area contributed by atoms with Crippen molar-refractivity contribution < 1.29 is 32.6 Å². The summed E-state index contributed by atoms with van der Waals surface area (Å²) in [6.45, 7) is 5.81. The summed E-state index contributed by atoms with van der Waals surface area (Å²) in [6.07, 6.45) is -1.12. The molecule has 0 saturated carbocycles. The number of aryl methyl sites for hydroxylation is 2. The summed E-state index contributed by atoms with van der Waals surface area (Å²) in [7, 11) is -4.05. The number of benzene rings is 2. The number of hydrogen-bond acceptors (Lipinski definition) is 8. The number of morpholine rings is 1. The van der Waals surface area contributed by atoms with E-state index in [9.17, 15) is 23.1 Å². The lowest BCUT2D eigenvalue weighted by Crippen LogP contribution is -2.42. The summed E-state index contributed by atoms with van der Waals surface area (Å²) < 4.78 is 37.8. The van der Waals surface area contributed by atoms with Crippen LogP contribution in [-0.4, -0.2) is 81.3 Å². The minimum absolute atomic E-state index is 0.0377. The number of aliphatic hydroxyl groups is 1. The number of ether oxygens (including phenoxy) is 2. The van der Waals surface area contributed by atoms with Crippen LogP contribution in [0.5, 0.6) is 0 Å². The quantitative estimate of drug-likeness (QED) is 0.529. The Bertz CT molecular complexity index is 1210. The number of carbonyl (C=O) groups is 2. The van der Waals surface area contributed by atoms with E-state index >= 15 is 0 Å². The molecule has 0 bridgehead atoms. The first-order chi connectivity index (χ1) is 17.1. The number of aliphatic hydroxyl groups excluding tert-OH is 1. The van der Waals surface area contributed by atoms with Crippen LogP contribution in [0.25, 0.3) is 0 Å². The van der Waals surface area contributed by atoms with Crippen molar-refractivity contribution in [2.45, 2.75) is 37.3 Å². The lowest BCUT2D eigenvalue weighted by molar-refractivity contribution is -0.150. The highest BCUT2D eigenvalue weighted by molar-refractivity contribution is 7.89. The zero-order valence-electron chi connectivity index (χ0n) is 20.3. The highest BCUT2D eigenvalue weighted by Crippen LogP contribution is 2.28. The molecule has 11 heteroatoms. The summed E-state index contributed by atoms with van der Waals surface area (Å²) in [5, 5.41) is 12.8. The first-order valence-corrected chi connectivity index (χ1v) is 13.3. The number of rotatable bonds is 7. The molecule has 2 heterocycles. The first-order valence-electron chi connectivity index (χ1n) is 11.8. The van der Waals surface area contributed by atoms with E-state index in [2.05, 4.69) is 10.2 Å². The van der Waals surface area contributed by atoms with Crippen LogP contribution in [0.2, 0.25) is 0 Å². The van der Waals surface area contributed by atoms with Crippen molar-refractivity contribution in [3.05, 3.63) is 53.6 Å². The molecule has 4 rings (SSSR count). The zero-order chi connectivity index (χ0) is 25.9. The third-order valence-corrected chi connectivity index (χ3v) is 8.33. The van der Waals surface area contributed by atoms with Crippen LogP contribution in [0.1, 0.15) is 17.5 Å². The number of esters is 1. The predicted molar refractivity (Wildman–Crippen MR) is 133 cm³/mol. The van der Waals surface area contributed by atoms with Crippen molar-refractivity contribution in [3.63, 3.8) is 0 Å². The molecule has 2 fully saturated rings. The molecule has 0 aromatic heterocycles. The molecule has 36 heavy (non-hydrogen) atoms. The number of β-amino-alcohol motifs (C(OH)–C–C–N with tert-alkyl or cyclic N) is 1. The fourth-order valence-electron chi connectivity index (χ4n) is 4.28. The van der Waals surface area contributed by atoms with E-state index in [4.69, 9.17) is 9.47 Å². The van der Waals surface area contributed by atoms with Crippen LogP contribution in [0.15, 0.2) is 47.4 Å². The van der Waals surface area contributed by atoms with Crippen LogP contribution in [0.3, 0.4) is 0 Å². The van der Waals surface area contributed by atoms with Crippen molar-refractivity contribution >= 4 is 33.3 Å². The molecule has 0 aliphatic carbocycles. The molecule has 2 N–H and O–H groups in total. The number of nitrogens with one attached hydrogen (secondary N) is 1. The highest BCUT2D eigenvalue weighted by Gasteiger charge is 2.44. The van der Waals surface area contributed by atoms with Gasteiger partial charge in [0.05, 0.1) is 24.2 Å². The topological polar surface area (TPSA) is 125 Å². The van der Waals surface area contributed by atoms with Crippen LogP contribution in [0, 0.1) is 13.8 Å². The molecule has 0 spiro atoms. The first kappa shape index (κ1) is 26.1. The molecule has 2 saturated heterocycles. The van der Waals surface area contributed by atoms with Crippen LogP contribution in [0.4, 0.5) is 11.4 Å². The van der Waals surface area contributed by atoms with E-state index in [0.717, 1.165) is 34.2 Å². The van der Waals surface area contributed by atoms with Crippen LogP contribution in [-0.2, 0) is 29.1 Å². The minimum Gasteiger partial charge on any atom is -0.454 e. The van der Waals surface area contributed by atoms with Crippen molar-refractivity contribution in [1.29, 1.82) is 0 Å². The van der Waals surface area contributed by atoms with Gasteiger partial charge >= 0.3 is 5.97 Å². The maximum absolute atomic E-state index is 13.2. The Kier molecular flexibility index (Phi) is 7.94. The van der Waals surface area contributed by atoms with Gasteiger partial charge in [0.1, 0.15) is 6.04 Å². The summed E-state index contributed by atoms with van der Waals surface area (Å²) in [5.74, 6) is -1.43. The lowest BCUT2D eigenvalue weighted by atomic mass is 10.1. The third-order valence-electron chi connectivity index (χ3n) is 6.46. The fourth-order valence-corrected chi connectivity index (χ4v) is 5.99. The molecule has 2 aromatic rings. The van der Waals surface area contributed by atoms with Crippen LogP contribution >= 0.6 is 0 Å². The van der Waals surface area contributed by atoms with Crippen molar-refractivity contribution in [2.24, 2.45) is 0 Å². The fraction of sp³-hybridized carbons (Fsp3) is 0.440. The maximum atomic E-state index is 13.2. The Balaban J connectivity index is 1.35. The Labute approximate surface area is 210 Å². The number of anilines is 2. The molecule has 2 aromatic carbocycles. The van der Waals surface area contributed by atoms with Gasteiger partial charge in [0.2, 0.25) is 10.0 Å². The van der Waals surface area contributed by atoms with E-state index in [0.29, 0.717) is 18.9 Å². The number of sulfonamides is 1. The zero-order valence-corrected chi connectivity index (χ0v) is 21.2.